The van der Waals surface area contributed by atoms with Gasteiger partial charge in [-0.25, -0.2) is 0 Å². The molecule has 18 heavy (non-hydrogen) atoms. The van der Waals surface area contributed by atoms with Crippen molar-refractivity contribution >= 4 is 17.4 Å². The molecule has 1 aliphatic heterocycles. The predicted molar refractivity (Wildman–Crippen MR) is 66.3 cm³/mol. The summed E-state index contributed by atoms with van der Waals surface area (Å²) in [5.74, 6) is 0.250. The zero-order chi connectivity index (χ0) is 12.7. The van der Waals surface area contributed by atoms with E-state index in [2.05, 4.69) is 14.9 Å². The number of nitrogens with one attached hydrogen (secondary N) is 1. The molecule has 1 aromatic rings. The molecule has 0 spiro atoms. The lowest BCUT2D eigenvalue weighted by atomic mass is 9.68. The highest BCUT2D eigenvalue weighted by atomic mass is 32.1. The largest absolute Gasteiger partial charge is 0.376 e. The van der Waals surface area contributed by atoms with Crippen molar-refractivity contribution in [1.29, 1.82) is 0 Å². The van der Waals surface area contributed by atoms with Crippen LogP contribution in [0, 0.1) is 12.8 Å². The fourth-order valence-electron chi connectivity index (χ4n) is 2.78. The van der Waals surface area contributed by atoms with Gasteiger partial charge in [0, 0.05) is 18.6 Å². The van der Waals surface area contributed by atoms with Crippen LogP contribution in [0.25, 0.3) is 0 Å². The Morgan fingerprint density at radius 2 is 2.44 bits per heavy atom. The van der Waals surface area contributed by atoms with Crippen LogP contribution in [0.15, 0.2) is 0 Å². The van der Waals surface area contributed by atoms with Crippen LogP contribution in [0.5, 0.6) is 0 Å². The zero-order valence-corrected chi connectivity index (χ0v) is 10.9. The molecule has 7 heteroatoms. The molecule has 3 N–H and O–H groups in total. The third kappa shape index (κ3) is 1.82. The second-order valence-electron chi connectivity index (χ2n) is 4.91. The first-order valence-corrected chi connectivity index (χ1v) is 6.93. The second kappa shape index (κ2) is 4.56. The van der Waals surface area contributed by atoms with Crippen molar-refractivity contribution in [2.45, 2.75) is 38.0 Å². The molecule has 98 valence electrons. The Kier molecular flexibility index (Phi) is 3.04. The Labute approximate surface area is 109 Å². The topological polar surface area (TPSA) is 90.1 Å². The third-order valence-electron chi connectivity index (χ3n) is 3.83. The van der Waals surface area contributed by atoms with Crippen LogP contribution >= 0.6 is 11.5 Å². The van der Waals surface area contributed by atoms with Crippen molar-refractivity contribution in [3.05, 3.63) is 10.6 Å². The Morgan fingerprint density at radius 3 is 3.17 bits per heavy atom. The van der Waals surface area contributed by atoms with Crippen molar-refractivity contribution in [3.8, 4) is 0 Å². The number of aromatic nitrogens is 2. The molecule has 2 aliphatic rings. The summed E-state index contributed by atoms with van der Waals surface area (Å²) in [6.07, 6.45) is 2.24. The quantitative estimate of drug-likeness (QED) is 0.793. The maximum absolute atomic E-state index is 12.1. The van der Waals surface area contributed by atoms with E-state index in [0.29, 0.717) is 16.5 Å². The Hall–Kier alpha value is -1.05. The average molecular weight is 268 g/mol. The fourth-order valence-corrected chi connectivity index (χ4v) is 3.34. The molecule has 4 atom stereocenters. The van der Waals surface area contributed by atoms with Crippen LogP contribution in [0.4, 0.5) is 0 Å². The molecular weight excluding hydrogens is 252 g/mol. The number of carbonyl (C=O) groups excluding carboxylic acids is 1. The van der Waals surface area contributed by atoms with E-state index in [1.54, 1.807) is 6.92 Å². The maximum atomic E-state index is 12.1. The lowest BCUT2D eigenvalue weighted by Crippen LogP contribution is -2.72. The summed E-state index contributed by atoms with van der Waals surface area (Å²) < 4.78 is 9.45. The molecule has 1 aliphatic carbocycles. The monoisotopic (exact) mass is 268 g/mol. The molecule has 0 aromatic carbocycles. The van der Waals surface area contributed by atoms with Crippen LogP contribution in [-0.2, 0) is 4.74 Å². The number of rotatable bonds is 2. The number of fused-ring (bicyclic) bond motifs is 1. The molecule has 1 aromatic heterocycles. The van der Waals surface area contributed by atoms with Crippen molar-refractivity contribution in [2.24, 2.45) is 11.7 Å². The van der Waals surface area contributed by atoms with Crippen LogP contribution in [0.2, 0.25) is 0 Å². The fraction of sp³-hybridized carbons (Fsp3) is 0.727. The SMILES string of the molecule is Cc1nnsc1C(=O)NC1C(N)C2CCCOC21. The van der Waals surface area contributed by atoms with Gasteiger partial charge in [0.15, 0.2) is 0 Å². The van der Waals surface area contributed by atoms with E-state index in [9.17, 15) is 4.79 Å². The molecule has 0 radical (unpaired) electrons. The van der Waals surface area contributed by atoms with E-state index in [-0.39, 0.29) is 24.1 Å². The molecule has 0 bridgehead atoms. The average Bonchev–Trinajstić information content (AvgIpc) is 2.81. The highest BCUT2D eigenvalue weighted by Crippen LogP contribution is 2.37. The number of carbonyl (C=O) groups is 1. The van der Waals surface area contributed by atoms with Crippen molar-refractivity contribution in [2.75, 3.05) is 6.61 Å². The number of ether oxygens (including phenoxy) is 1. The van der Waals surface area contributed by atoms with Gasteiger partial charge < -0.3 is 15.8 Å². The second-order valence-corrected chi connectivity index (χ2v) is 5.66. The van der Waals surface area contributed by atoms with Gasteiger partial charge >= 0.3 is 0 Å². The van der Waals surface area contributed by atoms with Gasteiger partial charge in [-0.1, -0.05) is 4.49 Å². The first-order valence-electron chi connectivity index (χ1n) is 6.15. The Morgan fingerprint density at radius 1 is 1.61 bits per heavy atom. The molecule has 4 unspecified atom stereocenters. The first-order chi connectivity index (χ1) is 8.68. The molecule has 1 saturated carbocycles. The number of aryl methyl sites for hydroxylation is 1. The molecular formula is C11H16N4O2S. The summed E-state index contributed by atoms with van der Waals surface area (Å²) in [4.78, 5) is 12.6. The van der Waals surface area contributed by atoms with Gasteiger partial charge in [0.2, 0.25) is 0 Å². The minimum atomic E-state index is -0.143. The van der Waals surface area contributed by atoms with Crippen molar-refractivity contribution in [3.63, 3.8) is 0 Å². The lowest BCUT2D eigenvalue weighted by Gasteiger charge is -2.52. The summed E-state index contributed by atoms with van der Waals surface area (Å²) in [6.45, 7) is 2.54. The van der Waals surface area contributed by atoms with Gasteiger partial charge in [-0.3, -0.25) is 4.79 Å². The molecule has 2 fully saturated rings. The predicted octanol–water partition coefficient (Wildman–Crippen LogP) is 0.0810. The van der Waals surface area contributed by atoms with E-state index in [1.807, 2.05) is 0 Å². The standard InChI is InChI=1S/C11H16N4O2S/c1-5-10(18-15-14-5)11(16)13-8-7(12)6-3-2-4-17-9(6)8/h6-9H,2-4,12H2,1H3,(H,13,16). The molecule has 2 heterocycles. The van der Waals surface area contributed by atoms with E-state index in [0.717, 1.165) is 31.0 Å². The highest BCUT2D eigenvalue weighted by Gasteiger charge is 2.51. The third-order valence-corrected chi connectivity index (χ3v) is 4.66. The van der Waals surface area contributed by atoms with Crippen LogP contribution in [0.3, 0.4) is 0 Å². The number of nitrogens with zero attached hydrogens (tertiary/aromatic N) is 2. The van der Waals surface area contributed by atoms with E-state index >= 15 is 0 Å². The summed E-state index contributed by atoms with van der Waals surface area (Å²) in [7, 11) is 0. The number of nitrogens with two attached hydrogens (primary N) is 1. The molecule has 3 rings (SSSR count). The van der Waals surface area contributed by atoms with E-state index in [1.165, 1.54) is 0 Å². The van der Waals surface area contributed by atoms with Gasteiger partial charge in [0.1, 0.15) is 4.88 Å². The van der Waals surface area contributed by atoms with Gasteiger partial charge in [0.05, 0.1) is 17.8 Å². The summed E-state index contributed by atoms with van der Waals surface area (Å²) in [6, 6.07) is -0.0789. The minimum absolute atomic E-state index is 0.000404. The van der Waals surface area contributed by atoms with Gasteiger partial charge in [-0.2, -0.15) is 0 Å². The lowest BCUT2D eigenvalue weighted by molar-refractivity contribution is -0.117. The molecule has 1 saturated heterocycles. The number of hydrogen-bond acceptors (Lipinski definition) is 6. The number of hydrogen-bond donors (Lipinski definition) is 2. The Bertz CT molecular complexity index is 464. The normalized spacial score (nSPS) is 34.6. The van der Waals surface area contributed by atoms with Crippen LogP contribution in [0.1, 0.15) is 28.2 Å². The van der Waals surface area contributed by atoms with Crippen LogP contribution < -0.4 is 11.1 Å². The van der Waals surface area contributed by atoms with Gasteiger partial charge in [0.25, 0.3) is 5.91 Å². The maximum Gasteiger partial charge on any atom is 0.265 e. The molecule has 6 nitrogen and oxygen atoms in total. The smallest absolute Gasteiger partial charge is 0.265 e. The van der Waals surface area contributed by atoms with Gasteiger partial charge in [-0.15, -0.1) is 5.10 Å². The first kappa shape index (κ1) is 12.0. The Balaban J connectivity index is 1.67. The summed E-state index contributed by atoms with van der Waals surface area (Å²) in [5.41, 5.74) is 6.75. The van der Waals surface area contributed by atoms with Crippen molar-refractivity contribution in [1.82, 2.24) is 14.9 Å². The highest BCUT2D eigenvalue weighted by molar-refractivity contribution is 7.08. The van der Waals surface area contributed by atoms with Crippen molar-refractivity contribution < 1.29 is 9.53 Å². The summed E-state index contributed by atoms with van der Waals surface area (Å²) in [5, 5.41) is 6.78. The molecule has 1 amide bonds. The minimum Gasteiger partial charge on any atom is -0.376 e. The number of amides is 1. The summed E-state index contributed by atoms with van der Waals surface area (Å²) >= 11 is 1.11. The zero-order valence-electron chi connectivity index (χ0n) is 10.1. The van der Waals surface area contributed by atoms with E-state index in [4.69, 9.17) is 10.5 Å². The van der Waals surface area contributed by atoms with Gasteiger partial charge in [-0.05, 0) is 31.3 Å². The van der Waals surface area contributed by atoms with Crippen LogP contribution in [-0.4, -0.2) is 40.3 Å². The van der Waals surface area contributed by atoms with E-state index < -0.39 is 0 Å².